The molecule has 0 radical (unpaired) electrons. The molecular weight excluding hydrogens is 286 g/mol. The van der Waals surface area contributed by atoms with Crippen LogP contribution in [-0.2, 0) is 0 Å². The number of benzene rings is 1. The molecule has 0 aliphatic carbocycles. The van der Waals surface area contributed by atoms with Crippen molar-refractivity contribution in [2.75, 3.05) is 13.1 Å². The van der Waals surface area contributed by atoms with Gasteiger partial charge in [0, 0.05) is 30.4 Å². The zero-order chi connectivity index (χ0) is 15.5. The van der Waals surface area contributed by atoms with Gasteiger partial charge in [-0.1, -0.05) is 6.07 Å². The van der Waals surface area contributed by atoms with E-state index in [2.05, 4.69) is 4.98 Å². The average Bonchev–Trinajstić information content (AvgIpc) is 2.57. The molecule has 1 fully saturated rings. The number of carbonyl (C=O) groups is 1. The molecule has 114 valence electrons. The number of hydrogen-bond donors (Lipinski definition) is 0. The summed E-state index contributed by atoms with van der Waals surface area (Å²) in [5, 5.41) is 0. The van der Waals surface area contributed by atoms with Gasteiger partial charge in [0.15, 0.2) is 11.6 Å². The van der Waals surface area contributed by atoms with E-state index in [0.717, 1.165) is 38.4 Å². The number of likely N-dealkylation sites (tertiary alicyclic amines) is 1. The van der Waals surface area contributed by atoms with Gasteiger partial charge in [-0.25, -0.2) is 8.78 Å². The van der Waals surface area contributed by atoms with Gasteiger partial charge < -0.3 is 4.90 Å². The Bertz CT molecular complexity index is 697. The van der Waals surface area contributed by atoms with Crippen molar-refractivity contribution in [1.82, 2.24) is 9.88 Å². The van der Waals surface area contributed by atoms with Gasteiger partial charge in [-0.05, 0) is 43.5 Å². The number of nitrogens with zero attached hydrogens (tertiary/aromatic N) is 2. The summed E-state index contributed by atoms with van der Waals surface area (Å²) in [5.74, 6) is -1.95. The van der Waals surface area contributed by atoms with Gasteiger partial charge in [0.05, 0.1) is 5.69 Å². The van der Waals surface area contributed by atoms with Gasteiger partial charge >= 0.3 is 0 Å². The lowest BCUT2D eigenvalue weighted by Gasteiger charge is -2.26. The summed E-state index contributed by atoms with van der Waals surface area (Å²) in [6.07, 6.45) is 4.60. The quantitative estimate of drug-likeness (QED) is 0.848. The smallest absolute Gasteiger partial charge is 0.253 e. The van der Waals surface area contributed by atoms with Crippen LogP contribution in [0.3, 0.4) is 0 Å². The third-order valence-electron chi connectivity index (χ3n) is 3.88. The fourth-order valence-corrected chi connectivity index (χ4v) is 2.69. The minimum Gasteiger partial charge on any atom is -0.339 e. The zero-order valence-corrected chi connectivity index (χ0v) is 12.1. The van der Waals surface area contributed by atoms with Gasteiger partial charge in [-0.15, -0.1) is 0 Å². The average molecular weight is 302 g/mol. The first kappa shape index (κ1) is 14.6. The molecule has 2 heterocycles. The highest BCUT2D eigenvalue weighted by Crippen LogP contribution is 2.24. The van der Waals surface area contributed by atoms with Gasteiger partial charge in [-0.2, -0.15) is 0 Å². The third-order valence-corrected chi connectivity index (χ3v) is 3.88. The summed E-state index contributed by atoms with van der Waals surface area (Å²) in [6.45, 7) is 1.48. The molecule has 5 heteroatoms. The van der Waals surface area contributed by atoms with Crippen LogP contribution >= 0.6 is 0 Å². The van der Waals surface area contributed by atoms with Crippen molar-refractivity contribution in [2.45, 2.75) is 19.3 Å². The number of carbonyl (C=O) groups excluding carboxylic acids is 1. The third kappa shape index (κ3) is 2.84. The second kappa shape index (κ2) is 6.22. The zero-order valence-electron chi connectivity index (χ0n) is 12.1. The Hall–Kier alpha value is -2.30. The van der Waals surface area contributed by atoms with Crippen LogP contribution in [0.2, 0.25) is 0 Å². The van der Waals surface area contributed by atoms with Crippen molar-refractivity contribution in [3.8, 4) is 11.3 Å². The van der Waals surface area contributed by atoms with Crippen molar-refractivity contribution in [2.24, 2.45) is 0 Å². The highest BCUT2D eigenvalue weighted by Gasteiger charge is 2.19. The number of pyridine rings is 1. The molecule has 2 aromatic rings. The minimum atomic E-state index is -0.947. The first-order chi connectivity index (χ1) is 10.7. The minimum absolute atomic E-state index is 0.0632. The molecule has 0 N–H and O–H groups in total. The predicted octanol–water partition coefficient (Wildman–Crippen LogP) is 3.65. The normalized spacial score (nSPS) is 14.9. The van der Waals surface area contributed by atoms with Crippen molar-refractivity contribution < 1.29 is 13.6 Å². The van der Waals surface area contributed by atoms with Crippen LogP contribution in [0.15, 0.2) is 36.5 Å². The lowest BCUT2D eigenvalue weighted by Crippen LogP contribution is -2.35. The van der Waals surface area contributed by atoms with E-state index in [1.807, 2.05) is 0 Å². The van der Waals surface area contributed by atoms with Crippen LogP contribution in [-0.4, -0.2) is 28.9 Å². The van der Waals surface area contributed by atoms with Gasteiger partial charge in [0.2, 0.25) is 0 Å². The highest BCUT2D eigenvalue weighted by molar-refractivity contribution is 5.95. The summed E-state index contributed by atoms with van der Waals surface area (Å²) < 4.78 is 27.2. The van der Waals surface area contributed by atoms with E-state index in [4.69, 9.17) is 0 Å². The lowest BCUT2D eigenvalue weighted by atomic mass is 10.1. The Morgan fingerprint density at radius 2 is 1.86 bits per heavy atom. The first-order valence-corrected chi connectivity index (χ1v) is 7.36. The van der Waals surface area contributed by atoms with Gasteiger partial charge in [0.1, 0.15) is 0 Å². The molecule has 1 aromatic carbocycles. The Kier molecular flexibility index (Phi) is 4.13. The number of halogens is 2. The summed E-state index contributed by atoms with van der Waals surface area (Å²) >= 11 is 0. The SMILES string of the molecule is O=C(c1ccnc(-c2cccc(F)c2F)c1)N1CCCCC1. The molecule has 0 unspecified atom stereocenters. The molecule has 0 bridgehead atoms. The number of rotatable bonds is 2. The van der Waals surface area contributed by atoms with Crippen LogP contribution < -0.4 is 0 Å². The van der Waals surface area contributed by atoms with Crippen molar-refractivity contribution >= 4 is 5.91 Å². The summed E-state index contributed by atoms with van der Waals surface area (Å²) in [4.78, 5) is 18.3. The second-order valence-electron chi connectivity index (χ2n) is 5.38. The molecule has 1 amide bonds. The Morgan fingerprint density at radius 3 is 2.64 bits per heavy atom. The summed E-state index contributed by atoms with van der Waals surface area (Å²) in [5.41, 5.74) is 0.781. The van der Waals surface area contributed by atoms with Crippen molar-refractivity contribution in [1.29, 1.82) is 0 Å². The fourth-order valence-electron chi connectivity index (χ4n) is 2.69. The van der Waals surface area contributed by atoms with E-state index >= 15 is 0 Å². The van der Waals surface area contributed by atoms with Crippen molar-refractivity contribution in [3.63, 3.8) is 0 Å². The van der Waals surface area contributed by atoms with Crippen LogP contribution in [0.5, 0.6) is 0 Å². The predicted molar refractivity (Wildman–Crippen MR) is 79.3 cm³/mol. The number of aromatic nitrogens is 1. The van der Waals surface area contributed by atoms with E-state index in [0.29, 0.717) is 5.56 Å². The maximum Gasteiger partial charge on any atom is 0.253 e. The second-order valence-corrected chi connectivity index (χ2v) is 5.38. The maximum absolute atomic E-state index is 13.9. The topological polar surface area (TPSA) is 33.2 Å². The Labute approximate surface area is 127 Å². The van der Waals surface area contributed by atoms with E-state index < -0.39 is 11.6 Å². The molecule has 0 saturated carbocycles. The lowest BCUT2D eigenvalue weighted by molar-refractivity contribution is 0.0724. The van der Waals surface area contributed by atoms with Crippen LogP contribution in [0.25, 0.3) is 11.3 Å². The highest BCUT2D eigenvalue weighted by atomic mass is 19.2. The molecule has 1 aliphatic rings. The number of hydrogen-bond acceptors (Lipinski definition) is 2. The molecule has 1 aromatic heterocycles. The summed E-state index contributed by atoms with van der Waals surface area (Å²) in [6, 6.07) is 7.07. The Morgan fingerprint density at radius 1 is 1.09 bits per heavy atom. The van der Waals surface area contributed by atoms with Gasteiger partial charge in [0.25, 0.3) is 5.91 Å². The number of piperidine rings is 1. The van der Waals surface area contributed by atoms with Crippen LogP contribution in [0.1, 0.15) is 29.6 Å². The van der Waals surface area contributed by atoms with E-state index in [9.17, 15) is 13.6 Å². The monoisotopic (exact) mass is 302 g/mol. The molecule has 3 nitrogen and oxygen atoms in total. The van der Waals surface area contributed by atoms with E-state index in [-0.39, 0.29) is 17.2 Å². The molecule has 0 atom stereocenters. The molecule has 0 spiro atoms. The molecule has 22 heavy (non-hydrogen) atoms. The van der Waals surface area contributed by atoms with Gasteiger partial charge in [-0.3, -0.25) is 9.78 Å². The van der Waals surface area contributed by atoms with E-state index in [1.54, 1.807) is 11.0 Å². The molecule has 1 aliphatic heterocycles. The molecular formula is C17H16F2N2O. The molecule has 3 rings (SSSR count). The van der Waals surface area contributed by atoms with Crippen molar-refractivity contribution in [3.05, 3.63) is 53.7 Å². The fraction of sp³-hybridized carbons (Fsp3) is 0.294. The molecule has 1 saturated heterocycles. The maximum atomic E-state index is 13.9. The van der Waals surface area contributed by atoms with E-state index in [1.165, 1.54) is 24.4 Å². The number of amides is 1. The Balaban J connectivity index is 1.92. The largest absolute Gasteiger partial charge is 0.339 e. The van der Waals surface area contributed by atoms with Crippen LogP contribution in [0, 0.1) is 11.6 Å². The standard InChI is InChI=1S/C17H16F2N2O/c18-14-6-4-5-13(16(14)19)15-11-12(7-8-20-15)17(22)21-9-2-1-3-10-21/h4-8,11H,1-3,9-10H2. The van der Waals surface area contributed by atoms with Crippen LogP contribution in [0.4, 0.5) is 8.78 Å². The first-order valence-electron chi connectivity index (χ1n) is 7.36. The summed E-state index contributed by atoms with van der Waals surface area (Å²) in [7, 11) is 0.